The van der Waals surface area contributed by atoms with Crippen LogP contribution in [0.25, 0.3) is 0 Å². The van der Waals surface area contributed by atoms with Crippen molar-refractivity contribution in [2.24, 2.45) is 5.92 Å². The van der Waals surface area contributed by atoms with Crippen molar-refractivity contribution in [3.05, 3.63) is 28.2 Å². The van der Waals surface area contributed by atoms with Crippen molar-refractivity contribution in [3.63, 3.8) is 0 Å². The van der Waals surface area contributed by atoms with Crippen LogP contribution in [0, 0.1) is 5.92 Å². The number of halogens is 2. The van der Waals surface area contributed by atoms with Crippen LogP contribution in [-0.2, 0) is 0 Å². The highest BCUT2D eigenvalue weighted by Gasteiger charge is 2.20. The molecule has 1 aromatic carbocycles. The molecule has 1 N–H and O–H groups in total. The third kappa shape index (κ3) is 4.27. The molecule has 4 heteroatoms. The lowest BCUT2D eigenvalue weighted by Gasteiger charge is -2.34. The summed E-state index contributed by atoms with van der Waals surface area (Å²) in [5.74, 6) is 0.738. The molecule has 1 fully saturated rings. The van der Waals surface area contributed by atoms with E-state index in [1.165, 1.54) is 6.54 Å². The van der Waals surface area contributed by atoms with Gasteiger partial charge in [-0.2, -0.15) is 0 Å². The number of hydrogen-bond donors (Lipinski definition) is 1. The van der Waals surface area contributed by atoms with Gasteiger partial charge in [0, 0.05) is 25.7 Å². The quantitative estimate of drug-likeness (QED) is 0.879. The van der Waals surface area contributed by atoms with E-state index in [-0.39, 0.29) is 0 Å². The molecule has 0 aliphatic carbocycles. The Labute approximate surface area is 126 Å². The first kappa shape index (κ1) is 15.0. The van der Waals surface area contributed by atoms with Gasteiger partial charge in [-0.1, -0.05) is 43.1 Å². The Morgan fingerprint density at radius 1 is 1.21 bits per heavy atom. The lowest BCUT2D eigenvalue weighted by Crippen LogP contribution is -2.40. The number of piperidine rings is 1. The van der Waals surface area contributed by atoms with Gasteiger partial charge in [0.25, 0.3) is 0 Å². The van der Waals surface area contributed by atoms with Crippen molar-refractivity contribution in [2.45, 2.75) is 32.7 Å². The van der Waals surface area contributed by atoms with Gasteiger partial charge in [0.15, 0.2) is 0 Å². The molecule has 0 bridgehead atoms. The second-order valence-corrected chi connectivity index (χ2v) is 6.52. The first-order chi connectivity index (χ1) is 9.06. The largest absolute Gasteiger partial charge is 0.380 e. The lowest BCUT2D eigenvalue weighted by molar-refractivity contribution is 0.198. The normalized spacial score (nSPS) is 17.9. The monoisotopic (exact) mass is 300 g/mol. The Kier molecular flexibility index (Phi) is 5.37. The predicted octanol–water partition coefficient (Wildman–Crippen LogP) is 4.53. The average Bonchev–Trinajstić information content (AvgIpc) is 2.35. The lowest BCUT2D eigenvalue weighted by atomic mass is 10.0. The highest BCUT2D eigenvalue weighted by Crippen LogP contribution is 2.31. The molecule has 0 atom stereocenters. The fourth-order valence-corrected chi connectivity index (χ4v) is 3.12. The molecule has 0 unspecified atom stereocenters. The number of rotatable bonds is 4. The van der Waals surface area contributed by atoms with E-state index in [0.717, 1.165) is 37.5 Å². The second-order valence-electron chi connectivity index (χ2n) is 5.71. The zero-order valence-electron chi connectivity index (χ0n) is 11.6. The summed E-state index contributed by atoms with van der Waals surface area (Å²) in [6, 6.07) is 6.11. The van der Waals surface area contributed by atoms with Crippen molar-refractivity contribution in [1.82, 2.24) is 4.90 Å². The molecule has 0 spiro atoms. The van der Waals surface area contributed by atoms with E-state index in [4.69, 9.17) is 23.2 Å². The molecule has 1 heterocycles. The molecule has 2 rings (SSSR count). The van der Waals surface area contributed by atoms with E-state index >= 15 is 0 Å². The van der Waals surface area contributed by atoms with Gasteiger partial charge in [-0.3, -0.25) is 0 Å². The Hall–Kier alpha value is -0.440. The maximum atomic E-state index is 6.19. The summed E-state index contributed by atoms with van der Waals surface area (Å²) in [5, 5.41) is 4.91. The molecule has 2 nitrogen and oxygen atoms in total. The topological polar surface area (TPSA) is 15.3 Å². The molecule has 19 heavy (non-hydrogen) atoms. The van der Waals surface area contributed by atoms with Crippen molar-refractivity contribution >= 4 is 28.9 Å². The van der Waals surface area contributed by atoms with E-state index in [0.29, 0.717) is 16.1 Å². The zero-order chi connectivity index (χ0) is 13.8. The summed E-state index contributed by atoms with van der Waals surface area (Å²) in [7, 11) is 0. The number of nitrogens with one attached hydrogen (secondary N) is 1. The fourth-order valence-electron chi connectivity index (χ4n) is 2.62. The van der Waals surface area contributed by atoms with Crippen LogP contribution in [0.3, 0.4) is 0 Å². The molecule has 1 aliphatic heterocycles. The molecular formula is C15H22Cl2N2. The van der Waals surface area contributed by atoms with Crippen molar-refractivity contribution in [1.29, 1.82) is 0 Å². The van der Waals surface area contributed by atoms with Gasteiger partial charge in [-0.15, -0.1) is 0 Å². The number of benzene rings is 1. The maximum Gasteiger partial charge on any atom is 0.0721 e. The Morgan fingerprint density at radius 3 is 2.32 bits per heavy atom. The summed E-state index contributed by atoms with van der Waals surface area (Å²) in [6.45, 7) is 8.04. The fraction of sp³-hybridized carbons (Fsp3) is 0.600. The minimum Gasteiger partial charge on any atom is -0.380 e. The van der Waals surface area contributed by atoms with E-state index < -0.39 is 0 Å². The smallest absolute Gasteiger partial charge is 0.0721 e. The van der Waals surface area contributed by atoms with Gasteiger partial charge in [0.2, 0.25) is 0 Å². The van der Waals surface area contributed by atoms with E-state index in [1.807, 2.05) is 18.2 Å². The summed E-state index contributed by atoms with van der Waals surface area (Å²) in [4.78, 5) is 2.54. The minimum atomic E-state index is 0.473. The summed E-state index contributed by atoms with van der Waals surface area (Å²) in [5.41, 5.74) is 0.883. The van der Waals surface area contributed by atoms with Gasteiger partial charge in [-0.25, -0.2) is 0 Å². The van der Waals surface area contributed by atoms with Crippen molar-refractivity contribution in [3.8, 4) is 0 Å². The van der Waals surface area contributed by atoms with Gasteiger partial charge in [0.1, 0.15) is 0 Å². The number of hydrogen-bond acceptors (Lipinski definition) is 2. The summed E-state index contributed by atoms with van der Waals surface area (Å²) >= 11 is 12.4. The second kappa shape index (κ2) is 6.83. The summed E-state index contributed by atoms with van der Waals surface area (Å²) < 4.78 is 0. The Balaban J connectivity index is 1.89. The predicted molar refractivity (Wildman–Crippen MR) is 84.4 cm³/mol. The minimum absolute atomic E-state index is 0.473. The first-order valence-corrected chi connectivity index (χ1v) is 7.74. The van der Waals surface area contributed by atoms with Crippen LogP contribution in [0.15, 0.2) is 18.2 Å². The van der Waals surface area contributed by atoms with Crippen LogP contribution in [0.1, 0.15) is 26.7 Å². The molecule has 0 aromatic heterocycles. The van der Waals surface area contributed by atoms with E-state index in [2.05, 4.69) is 24.1 Å². The molecule has 1 aromatic rings. The number of anilines is 1. The molecule has 0 saturated carbocycles. The van der Waals surface area contributed by atoms with Crippen LogP contribution in [-0.4, -0.2) is 30.6 Å². The maximum absolute atomic E-state index is 6.19. The van der Waals surface area contributed by atoms with Crippen molar-refractivity contribution < 1.29 is 0 Å². The third-order valence-electron chi connectivity index (χ3n) is 3.52. The highest BCUT2D eigenvalue weighted by molar-refractivity contribution is 6.39. The van der Waals surface area contributed by atoms with Gasteiger partial charge >= 0.3 is 0 Å². The van der Waals surface area contributed by atoms with Gasteiger partial charge in [0.05, 0.1) is 15.7 Å². The summed E-state index contributed by atoms with van der Waals surface area (Å²) in [6.07, 6.45) is 2.29. The highest BCUT2D eigenvalue weighted by atomic mass is 35.5. The Bertz CT molecular complexity index is 392. The zero-order valence-corrected chi connectivity index (χ0v) is 13.1. The van der Waals surface area contributed by atoms with Gasteiger partial charge < -0.3 is 10.2 Å². The molecule has 0 radical (unpaired) electrons. The van der Waals surface area contributed by atoms with E-state index in [9.17, 15) is 0 Å². The van der Waals surface area contributed by atoms with E-state index in [1.54, 1.807) is 0 Å². The molecule has 1 saturated heterocycles. The van der Waals surface area contributed by atoms with Crippen LogP contribution in [0.4, 0.5) is 5.69 Å². The van der Waals surface area contributed by atoms with Gasteiger partial charge in [-0.05, 0) is 30.9 Å². The first-order valence-electron chi connectivity index (χ1n) is 6.99. The SMILES string of the molecule is CC(C)CN1CCC(Nc2c(Cl)cccc2Cl)CC1. The Morgan fingerprint density at radius 2 is 1.79 bits per heavy atom. The van der Waals surface area contributed by atoms with Crippen molar-refractivity contribution in [2.75, 3.05) is 25.0 Å². The molecule has 1 aliphatic rings. The van der Waals surface area contributed by atoms with Crippen LogP contribution < -0.4 is 5.32 Å². The third-order valence-corrected chi connectivity index (χ3v) is 4.15. The van der Waals surface area contributed by atoms with Crippen LogP contribution in [0.5, 0.6) is 0 Å². The molecule has 0 amide bonds. The molecular weight excluding hydrogens is 279 g/mol. The standard InChI is InChI=1S/C15H22Cl2N2/c1-11(2)10-19-8-6-12(7-9-19)18-15-13(16)4-3-5-14(15)17/h3-5,11-12,18H,6-10H2,1-2H3. The molecule has 106 valence electrons. The average molecular weight is 301 g/mol. The number of likely N-dealkylation sites (tertiary alicyclic amines) is 1. The van der Waals surface area contributed by atoms with Crippen LogP contribution in [0.2, 0.25) is 10.0 Å². The number of para-hydroxylation sites is 1. The number of nitrogens with zero attached hydrogens (tertiary/aromatic N) is 1. The van der Waals surface area contributed by atoms with Crippen LogP contribution >= 0.6 is 23.2 Å².